The highest BCUT2D eigenvalue weighted by Gasteiger charge is 2.29. The van der Waals surface area contributed by atoms with Gasteiger partial charge in [-0.3, -0.25) is 0 Å². The van der Waals surface area contributed by atoms with Crippen LogP contribution in [-0.4, -0.2) is 13.4 Å². The summed E-state index contributed by atoms with van der Waals surface area (Å²) in [5, 5.41) is 2.92. The minimum Gasteiger partial charge on any atom is -0.467 e. The smallest absolute Gasteiger partial charge is 0.234 e. The van der Waals surface area contributed by atoms with Crippen LogP contribution in [0.5, 0.6) is 0 Å². The van der Waals surface area contributed by atoms with E-state index in [1.165, 1.54) is 18.4 Å². The molecule has 0 radical (unpaired) electrons. The number of benzene rings is 2. The zero-order valence-corrected chi connectivity index (χ0v) is 16.4. The molecule has 4 rings (SSSR count). The number of hydrogen-bond donors (Lipinski definition) is 1. The van der Waals surface area contributed by atoms with Crippen LogP contribution >= 0.6 is 11.6 Å². The quantitative estimate of drug-likeness (QED) is 0.423. The maximum absolute atomic E-state index is 13.2. The van der Waals surface area contributed by atoms with Gasteiger partial charge in [-0.05, 0) is 48.5 Å². The van der Waals surface area contributed by atoms with Gasteiger partial charge in [0.25, 0.3) is 0 Å². The number of nitrogens with zero attached hydrogens (tertiary/aromatic N) is 1. The van der Waals surface area contributed by atoms with Gasteiger partial charge in [-0.15, -0.1) is 0 Å². The number of rotatable bonds is 6. The van der Waals surface area contributed by atoms with Crippen molar-refractivity contribution in [1.29, 1.82) is 0 Å². The molecule has 0 atom stereocenters. The van der Waals surface area contributed by atoms with E-state index in [1.807, 2.05) is 0 Å². The largest absolute Gasteiger partial charge is 0.467 e. The molecule has 148 valence electrons. The summed E-state index contributed by atoms with van der Waals surface area (Å²) in [5.41, 5.74) is 0.441. The first-order chi connectivity index (χ1) is 13.9. The monoisotopic (exact) mass is 432 g/mol. The van der Waals surface area contributed by atoms with Crippen LogP contribution in [0.15, 0.2) is 85.7 Å². The van der Waals surface area contributed by atoms with E-state index < -0.39 is 15.7 Å². The fraction of sp³-hybridized carbons (Fsp3) is 0.0500. The van der Waals surface area contributed by atoms with Gasteiger partial charge in [0.1, 0.15) is 11.6 Å². The number of aromatic nitrogens is 1. The Morgan fingerprint density at radius 1 is 1.03 bits per heavy atom. The highest BCUT2D eigenvalue weighted by Crippen LogP contribution is 2.35. The van der Waals surface area contributed by atoms with Gasteiger partial charge in [0.15, 0.2) is 0 Å². The zero-order chi connectivity index (χ0) is 20.4. The van der Waals surface area contributed by atoms with Crippen molar-refractivity contribution in [1.82, 2.24) is 4.98 Å². The summed E-state index contributed by atoms with van der Waals surface area (Å²) in [6.07, 6.45) is 1.50. The fourth-order valence-electron chi connectivity index (χ4n) is 2.66. The molecule has 0 amide bonds. The van der Waals surface area contributed by atoms with Gasteiger partial charge in [-0.2, -0.15) is 4.98 Å². The highest BCUT2D eigenvalue weighted by molar-refractivity contribution is 7.91. The summed E-state index contributed by atoms with van der Waals surface area (Å²) in [6, 6.07) is 14.7. The Morgan fingerprint density at radius 3 is 2.48 bits per heavy atom. The van der Waals surface area contributed by atoms with Crippen LogP contribution in [0.1, 0.15) is 5.76 Å². The molecule has 0 fully saturated rings. The second-order valence-electron chi connectivity index (χ2n) is 6.02. The molecule has 2 heterocycles. The zero-order valence-electron chi connectivity index (χ0n) is 14.8. The van der Waals surface area contributed by atoms with E-state index >= 15 is 0 Å². The normalized spacial score (nSPS) is 11.5. The van der Waals surface area contributed by atoms with E-state index in [2.05, 4.69) is 10.3 Å². The van der Waals surface area contributed by atoms with Crippen molar-refractivity contribution in [3.63, 3.8) is 0 Å². The Balaban J connectivity index is 1.80. The molecule has 9 heteroatoms. The van der Waals surface area contributed by atoms with Crippen LogP contribution in [0.2, 0.25) is 5.02 Å². The lowest BCUT2D eigenvalue weighted by molar-refractivity contribution is 0.511. The van der Waals surface area contributed by atoms with Gasteiger partial charge < -0.3 is 14.2 Å². The topological polar surface area (TPSA) is 85.3 Å². The maximum atomic E-state index is 13.2. The summed E-state index contributed by atoms with van der Waals surface area (Å²) in [6.45, 7) is 0.177. The van der Waals surface area contributed by atoms with E-state index in [0.29, 0.717) is 16.3 Å². The third kappa shape index (κ3) is 3.90. The van der Waals surface area contributed by atoms with Crippen molar-refractivity contribution in [3.8, 4) is 11.5 Å². The fourth-order valence-corrected chi connectivity index (χ4v) is 4.15. The summed E-state index contributed by atoms with van der Waals surface area (Å²) < 4.78 is 50.4. The SMILES string of the molecule is O=S(=O)(c1ccc(F)cc1)c1nc(-c2ccccc2Cl)oc1NCc1ccco1. The van der Waals surface area contributed by atoms with Crippen molar-refractivity contribution in [2.75, 3.05) is 5.32 Å². The van der Waals surface area contributed by atoms with E-state index in [9.17, 15) is 12.8 Å². The lowest BCUT2D eigenvalue weighted by Crippen LogP contribution is -2.07. The molecule has 4 aromatic rings. The molecule has 0 saturated carbocycles. The van der Waals surface area contributed by atoms with Crippen molar-refractivity contribution in [3.05, 3.63) is 83.5 Å². The summed E-state index contributed by atoms with van der Waals surface area (Å²) in [5.74, 6) is 0.00160. The molecule has 0 unspecified atom stereocenters. The van der Waals surface area contributed by atoms with Crippen LogP contribution < -0.4 is 5.32 Å². The second kappa shape index (κ2) is 7.73. The second-order valence-corrected chi connectivity index (χ2v) is 8.30. The Bertz CT molecular complexity index is 1240. The highest BCUT2D eigenvalue weighted by atomic mass is 35.5. The van der Waals surface area contributed by atoms with Crippen molar-refractivity contribution in [2.45, 2.75) is 16.5 Å². The Morgan fingerprint density at radius 2 is 1.79 bits per heavy atom. The molecule has 6 nitrogen and oxygen atoms in total. The molecule has 0 saturated heterocycles. The number of sulfone groups is 1. The number of halogens is 2. The molecule has 0 bridgehead atoms. The van der Waals surface area contributed by atoms with Gasteiger partial charge in [0.05, 0.1) is 28.3 Å². The first-order valence-corrected chi connectivity index (χ1v) is 10.3. The van der Waals surface area contributed by atoms with E-state index in [1.54, 1.807) is 36.4 Å². The molecule has 0 aliphatic heterocycles. The Kier molecular flexibility index (Phi) is 5.12. The molecular formula is C20H14ClFN2O4S. The van der Waals surface area contributed by atoms with Gasteiger partial charge in [-0.1, -0.05) is 23.7 Å². The minimum absolute atomic E-state index is 0.0400. The number of anilines is 1. The number of furan rings is 1. The first kappa shape index (κ1) is 19.2. The van der Waals surface area contributed by atoms with Crippen LogP contribution in [0.25, 0.3) is 11.5 Å². The molecule has 1 N–H and O–H groups in total. The molecule has 2 aromatic carbocycles. The molecular weight excluding hydrogens is 419 g/mol. The van der Waals surface area contributed by atoms with Crippen molar-refractivity contribution in [2.24, 2.45) is 0 Å². The summed E-state index contributed by atoms with van der Waals surface area (Å²) in [7, 11) is -4.09. The van der Waals surface area contributed by atoms with Gasteiger partial charge >= 0.3 is 0 Å². The average molecular weight is 433 g/mol. The molecule has 0 aliphatic carbocycles. The number of nitrogens with one attached hydrogen (secondary N) is 1. The van der Waals surface area contributed by atoms with Crippen molar-refractivity contribution >= 4 is 27.3 Å². The lowest BCUT2D eigenvalue weighted by Gasteiger charge is -2.05. The standard InChI is InChI=1S/C20H14ClFN2O4S/c21-17-6-2-1-5-16(17)18-24-20(19(28-18)23-12-14-4-3-11-27-14)29(25,26)15-9-7-13(22)8-10-15/h1-11,23H,12H2. The van der Waals surface area contributed by atoms with E-state index in [4.69, 9.17) is 20.4 Å². The number of oxazole rings is 1. The van der Waals surface area contributed by atoms with Gasteiger partial charge in [0.2, 0.25) is 26.6 Å². The summed E-state index contributed by atoms with van der Waals surface area (Å²) in [4.78, 5) is 4.07. The van der Waals surface area contributed by atoms with Crippen LogP contribution in [0.3, 0.4) is 0 Å². The predicted octanol–water partition coefficient (Wildman–Crippen LogP) is 5.17. The lowest BCUT2D eigenvalue weighted by atomic mass is 10.2. The first-order valence-electron chi connectivity index (χ1n) is 8.48. The molecule has 0 aliphatic rings. The number of hydrogen-bond acceptors (Lipinski definition) is 6. The van der Waals surface area contributed by atoms with Crippen LogP contribution in [0.4, 0.5) is 10.3 Å². The minimum atomic E-state index is -4.09. The third-order valence-electron chi connectivity index (χ3n) is 4.08. The third-order valence-corrected chi connectivity index (χ3v) is 6.09. The predicted molar refractivity (Wildman–Crippen MR) is 105 cm³/mol. The van der Waals surface area contributed by atoms with Crippen LogP contribution in [0, 0.1) is 5.82 Å². The van der Waals surface area contributed by atoms with Gasteiger partial charge in [0, 0.05) is 0 Å². The molecule has 29 heavy (non-hydrogen) atoms. The maximum Gasteiger partial charge on any atom is 0.234 e. The average Bonchev–Trinajstić information content (AvgIpc) is 3.37. The molecule has 2 aromatic heterocycles. The van der Waals surface area contributed by atoms with E-state index in [0.717, 1.165) is 12.1 Å². The van der Waals surface area contributed by atoms with Gasteiger partial charge in [-0.25, -0.2) is 12.8 Å². The molecule has 0 spiro atoms. The van der Waals surface area contributed by atoms with Crippen LogP contribution in [-0.2, 0) is 16.4 Å². The Labute approximate surface area is 170 Å². The summed E-state index contributed by atoms with van der Waals surface area (Å²) >= 11 is 6.20. The Hall–Kier alpha value is -3.10. The van der Waals surface area contributed by atoms with Crippen molar-refractivity contribution < 1.29 is 21.6 Å². The van der Waals surface area contributed by atoms with E-state index in [-0.39, 0.29) is 28.2 Å².